The Morgan fingerprint density at radius 2 is 0.821 bits per heavy atom. The summed E-state index contributed by atoms with van der Waals surface area (Å²) in [6.45, 7) is 0. The van der Waals surface area contributed by atoms with Crippen molar-refractivity contribution >= 4 is 53.3 Å². The van der Waals surface area contributed by atoms with Crippen LogP contribution >= 0.6 is 11.3 Å². The summed E-state index contributed by atoms with van der Waals surface area (Å²) in [5.74, 6) is 1.94. The minimum Gasteiger partial charge on any atom is -0.309 e. The molecule has 4 nitrogen and oxygen atoms in total. The van der Waals surface area contributed by atoms with Crippen LogP contribution in [0.5, 0.6) is 0 Å². The molecule has 0 spiro atoms. The lowest BCUT2D eigenvalue weighted by Crippen LogP contribution is -2.00. The minimum absolute atomic E-state index is 0.638. The second-order valence-electron chi connectivity index (χ2n) is 14.1. The van der Waals surface area contributed by atoms with Gasteiger partial charge in [0.05, 0.1) is 11.0 Å². The van der Waals surface area contributed by atoms with Crippen molar-refractivity contribution < 1.29 is 0 Å². The van der Waals surface area contributed by atoms with E-state index >= 15 is 0 Å². The van der Waals surface area contributed by atoms with Crippen LogP contribution in [0, 0.1) is 0 Å². The zero-order chi connectivity index (χ0) is 37.0. The standard InChI is InChI=1S/C51H32N4S/c1-3-13-33(14-4-1)37-25-27-42-41-21-7-9-23-45(41)55(46(42)31-37)40-20-12-18-36(30-40)35-17-11-19-38(29-35)50-52-49(34-15-5-2-6-16-34)53-51(54-50)39-26-28-44-43-22-8-10-24-47(43)56-48(44)32-39/h1-32H. The van der Waals surface area contributed by atoms with Gasteiger partial charge in [-0.15, -0.1) is 11.3 Å². The maximum Gasteiger partial charge on any atom is 0.164 e. The van der Waals surface area contributed by atoms with Gasteiger partial charge >= 0.3 is 0 Å². The molecule has 11 aromatic rings. The Balaban J connectivity index is 1.03. The molecule has 56 heavy (non-hydrogen) atoms. The third-order valence-electron chi connectivity index (χ3n) is 10.6. The van der Waals surface area contributed by atoms with Crippen LogP contribution in [-0.4, -0.2) is 19.5 Å². The Hall–Kier alpha value is -7.21. The molecule has 0 unspecified atom stereocenters. The lowest BCUT2D eigenvalue weighted by molar-refractivity contribution is 1.07. The van der Waals surface area contributed by atoms with E-state index in [0.29, 0.717) is 17.5 Å². The van der Waals surface area contributed by atoms with Gasteiger partial charge in [-0.2, -0.15) is 0 Å². The average molecular weight is 733 g/mol. The first-order chi connectivity index (χ1) is 27.7. The van der Waals surface area contributed by atoms with E-state index in [2.05, 4.69) is 180 Å². The summed E-state index contributed by atoms with van der Waals surface area (Å²) >= 11 is 1.80. The van der Waals surface area contributed by atoms with E-state index in [9.17, 15) is 0 Å². The lowest BCUT2D eigenvalue weighted by atomic mass is 10.0. The number of hydrogen-bond donors (Lipinski definition) is 0. The number of hydrogen-bond acceptors (Lipinski definition) is 4. The number of nitrogens with zero attached hydrogens (tertiary/aromatic N) is 4. The molecule has 3 aromatic heterocycles. The zero-order valence-corrected chi connectivity index (χ0v) is 31.0. The second kappa shape index (κ2) is 13.3. The van der Waals surface area contributed by atoms with E-state index in [1.165, 1.54) is 53.1 Å². The first-order valence-electron chi connectivity index (χ1n) is 18.8. The molecule has 11 rings (SSSR count). The third kappa shape index (κ3) is 5.56. The highest BCUT2D eigenvalue weighted by Crippen LogP contribution is 2.38. The lowest BCUT2D eigenvalue weighted by Gasteiger charge is -2.12. The molecule has 5 heteroatoms. The van der Waals surface area contributed by atoms with Crippen molar-refractivity contribution in [3.8, 4) is 62.1 Å². The van der Waals surface area contributed by atoms with Gasteiger partial charge in [-0.25, -0.2) is 15.0 Å². The summed E-state index contributed by atoms with van der Waals surface area (Å²) in [5, 5.41) is 5.00. The van der Waals surface area contributed by atoms with E-state index in [1.54, 1.807) is 11.3 Å². The fraction of sp³-hybridized carbons (Fsp3) is 0. The average Bonchev–Trinajstić information content (AvgIpc) is 3.82. The molecule has 0 N–H and O–H groups in total. The molecule has 0 fully saturated rings. The number of thiophene rings is 1. The summed E-state index contributed by atoms with van der Waals surface area (Å²) in [7, 11) is 0. The van der Waals surface area contributed by atoms with Gasteiger partial charge in [-0.3, -0.25) is 0 Å². The third-order valence-corrected chi connectivity index (χ3v) is 11.8. The number of para-hydroxylation sites is 1. The number of rotatable bonds is 6. The maximum atomic E-state index is 5.13. The Bertz CT molecular complexity index is 3250. The van der Waals surface area contributed by atoms with Gasteiger partial charge in [0.1, 0.15) is 0 Å². The fourth-order valence-corrected chi connectivity index (χ4v) is 9.08. The molecule has 8 aromatic carbocycles. The summed E-state index contributed by atoms with van der Waals surface area (Å²) in [6.07, 6.45) is 0. The molecule has 0 radical (unpaired) electrons. The van der Waals surface area contributed by atoms with Crippen molar-refractivity contribution in [1.29, 1.82) is 0 Å². The molecule has 0 saturated heterocycles. The van der Waals surface area contributed by atoms with Crippen molar-refractivity contribution in [2.45, 2.75) is 0 Å². The first-order valence-corrected chi connectivity index (χ1v) is 19.6. The molecule has 262 valence electrons. The molecule has 0 atom stereocenters. The van der Waals surface area contributed by atoms with Crippen LogP contribution in [0.25, 0.3) is 104 Å². The number of benzene rings is 8. The summed E-state index contributed by atoms with van der Waals surface area (Å²) in [5.41, 5.74) is 10.9. The minimum atomic E-state index is 0.638. The molecule has 0 saturated carbocycles. The van der Waals surface area contributed by atoms with Crippen LogP contribution in [-0.2, 0) is 0 Å². The smallest absolute Gasteiger partial charge is 0.164 e. The fourth-order valence-electron chi connectivity index (χ4n) is 7.94. The van der Waals surface area contributed by atoms with Crippen molar-refractivity contribution in [3.63, 3.8) is 0 Å². The van der Waals surface area contributed by atoms with Crippen LogP contribution in [0.15, 0.2) is 194 Å². The molecule has 0 bridgehead atoms. The SMILES string of the molecule is c1ccc(-c2ccc3c4ccccc4n(-c4cccc(-c5cccc(-c6nc(-c7ccccc7)nc(-c7ccc8c(c7)sc7ccccc78)n6)c5)c4)c3c2)cc1. The molecular formula is C51H32N4S. The zero-order valence-electron chi connectivity index (χ0n) is 30.2. The second-order valence-corrected chi connectivity index (χ2v) is 15.1. The largest absolute Gasteiger partial charge is 0.309 e. The Kier molecular flexibility index (Phi) is 7.64. The van der Waals surface area contributed by atoms with Crippen molar-refractivity contribution in [3.05, 3.63) is 194 Å². The van der Waals surface area contributed by atoms with Crippen molar-refractivity contribution in [1.82, 2.24) is 19.5 Å². The predicted octanol–water partition coefficient (Wildman–Crippen LogP) is 13.7. The number of aromatic nitrogens is 4. The van der Waals surface area contributed by atoms with Crippen LogP contribution in [0.4, 0.5) is 0 Å². The highest BCUT2D eigenvalue weighted by atomic mass is 32.1. The highest BCUT2D eigenvalue weighted by Gasteiger charge is 2.17. The topological polar surface area (TPSA) is 43.6 Å². The highest BCUT2D eigenvalue weighted by molar-refractivity contribution is 7.25. The van der Waals surface area contributed by atoms with Gasteiger partial charge in [-0.05, 0) is 64.7 Å². The van der Waals surface area contributed by atoms with Gasteiger partial charge in [0.15, 0.2) is 17.5 Å². The predicted molar refractivity (Wildman–Crippen MR) is 234 cm³/mol. The molecule has 0 aliphatic carbocycles. The Labute approximate surface area is 327 Å². The van der Waals surface area contributed by atoms with Crippen molar-refractivity contribution in [2.75, 3.05) is 0 Å². The molecule has 0 aliphatic rings. The number of fused-ring (bicyclic) bond motifs is 6. The maximum absolute atomic E-state index is 5.13. The van der Waals surface area contributed by atoms with Crippen LogP contribution in [0.3, 0.4) is 0 Å². The van der Waals surface area contributed by atoms with Crippen LogP contribution < -0.4 is 0 Å². The molecule has 0 amide bonds. The summed E-state index contributed by atoms with van der Waals surface area (Å²) < 4.78 is 4.88. The normalized spacial score (nSPS) is 11.6. The van der Waals surface area contributed by atoms with Crippen LogP contribution in [0.2, 0.25) is 0 Å². The first kappa shape index (κ1) is 32.2. The van der Waals surface area contributed by atoms with Gasteiger partial charge in [-0.1, -0.05) is 152 Å². The Morgan fingerprint density at radius 3 is 1.62 bits per heavy atom. The van der Waals surface area contributed by atoms with E-state index in [4.69, 9.17) is 15.0 Å². The quantitative estimate of drug-likeness (QED) is 0.171. The van der Waals surface area contributed by atoms with E-state index in [1.807, 2.05) is 18.2 Å². The summed E-state index contributed by atoms with van der Waals surface area (Å²) in [4.78, 5) is 15.2. The van der Waals surface area contributed by atoms with Crippen LogP contribution in [0.1, 0.15) is 0 Å². The van der Waals surface area contributed by atoms with Gasteiger partial charge in [0, 0.05) is 53.3 Å². The van der Waals surface area contributed by atoms with Gasteiger partial charge in [0.2, 0.25) is 0 Å². The van der Waals surface area contributed by atoms with Gasteiger partial charge < -0.3 is 4.57 Å². The summed E-state index contributed by atoms with van der Waals surface area (Å²) in [6, 6.07) is 68.7. The molecular weight excluding hydrogens is 701 g/mol. The monoisotopic (exact) mass is 732 g/mol. The molecule has 3 heterocycles. The van der Waals surface area contributed by atoms with E-state index in [0.717, 1.165) is 33.5 Å². The Morgan fingerprint density at radius 1 is 0.304 bits per heavy atom. The van der Waals surface area contributed by atoms with Crippen molar-refractivity contribution in [2.24, 2.45) is 0 Å². The van der Waals surface area contributed by atoms with E-state index < -0.39 is 0 Å². The molecule has 0 aliphatic heterocycles. The van der Waals surface area contributed by atoms with E-state index in [-0.39, 0.29) is 0 Å². The van der Waals surface area contributed by atoms with Gasteiger partial charge in [0.25, 0.3) is 0 Å².